The van der Waals surface area contributed by atoms with Gasteiger partial charge in [0.25, 0.3) is 11.8 Å². The fourth-order valence-electron chi connectivity index (χ4n) is 4.83. The van der Waals surface area contributed by atoms with E-state index in [0.717, 1.165) is 25.9 Å². The molecule has 1 atom stereocenters. The van der Waals surface area contributed by atoms with Crippen LogP contribution in [0.5, 0.6) is 0 Å². The smallest absolute Gasteiger partial charge is 0.325 e. The first-order chi connectivity index (χ1) is 13.9. The van der Waals surface area contributed by atoms with Crippen molar-refractivity contribution >= 4 is 17.8 Å². The molecule has 0 radical (unpaired) electrons. The van der Waals surface area contributed by atoms with Crippen LogP contribution in [0.25, 0.3) is 0 Å². The lowest BCUT2D eigenvalue weighted by atomic mass is 9.86. The summed E-state index contributed by atoms with van der Waals surface area (Å²) in [4.78, 5) is 44.4. The van der Waals surface area contributed by atoms with E-state index in [1.54, 1.807) is 17.0 Å². The molecule has 1 aromatic carbocycles. The summed E-state index contributed by atoms with van der Waals surface area (Å²) in [7, 11) is 0. The molecule has 3 fully saturated rings. The molecule has 3 aliphatic rings. The van der Waals surface area contributed by atoms with Gasteiger partial charge in [0.15, 0.2) is 0 Å². The number of carbonyl (C=O) groups excluding carboxylic acids is 3. The first-order valence-corrected chi connectivity index (χ1v) is 10.7. The molecule has 3 saturated heterocycles. The second-order valence-corrected chi connectivity index (χ2v) is 8.73. The number of benzene rings is 1. The van der Waals surface area contributed by atoms with Crippen molar-refractivity contribution < 1.29 is 14.4 Å². The number of rotatable bonds is 3. The van der Waals surface area contributed by atoms with Crippen LogP contribution in [0.2, 0.25) is 0 Å². The van der Waals surface area contributed by atoms with Gasteiger partial charge in [0.2, 0.25) is 0 Å². The number of hydrogen-bond acceptors (Lipinski definition) is 4. The van der Waals surface area contributed by atoms with Crippen LogP contribution in [-0.2, 0) is 4.79 Å². The molecule has 0 aliphatic carbocycles. The molecule has 0 unspecified atom stereocenters. The molecule has 29 heavy (non-hydrogen) atoms. The quantitative estimate of drug-likeness (QED) is 0.792. The van der Waals surface area contributed by atoms with Gasteiger partial charge < -0.3 is 10.2 Å². The Morgan fingerprint density at radius 1 is 1.10 bits per heavy atom. The number of imide groups is 1. The maximum Gasteiger partial charge on any atom is 0.325 e. The molecular formula is C22H30N4O3. The van der Waals surface area contributed by atoms with Crippen molar-refractivity contribution in [3.05, 3.63) is 35.9 Å². The third-order valence-electron chi connectivity index (χ3n) is 6.64. The third kappa shape index (κ3) is 3.64. The highest BCUT2D eigenvalue weighted by Gasteiger charge is 2.54. The molecule has 0 bridgehead atoms. The van der Waals surface area contributed by atoms with E-state index < -0.39 is 5.54 Å². The molecule has 7 heteroatoms. The summed E-state index contributed by atoms with van der Waals surface area (Å²) in [5, 5.41) is 2.99. The summed E-state index contributed by atoms with van der Waals surface area (Å²) >= 11 is 0. The van der Waals surface area contributed by atoms with E-state index in [9.17, 15) is 14.4 Å². The molecule has 1 spiro atoms. The van der Waals surface area contributed by atoms with Crippen LogP contribution in [-0.4, -0.2) is 76.3 Å². The predicted octanol–water partition coefficient (Wildman–Crippen LogP) is 2.09. The van der Waals surface area contributed by atoms with Crippen molar-refractivity contribution in [3.63, 3.8) is 0 Å². The van der Waals surface area contributed by atoms with E-state index in [4.69, 9.17) is 0 Å². The zero-order valence-corrected chi connectivity index (χ0v) is 17.3. The van der Waals surface area contributed by atoms with Crippen molar-refractivity contribution in [2.75, 3.05) is 26.2 Å². The lowest BCUT2D eigenvalue weighted by molar-refractivity contribution is -0.135. The first-order valence-electron chi connectivity index (χ1n) is 10.7. The normalized spacial score (nSPS) is 25.0. The Kier molecular flexibility index (Phi) is 5.34. The van der Waals surface area contributed by atoms with Gasteiger partial charge in [0.1, 0.15) is 5.54 Å². The van der Waals surface area contributed by atoms with Crippen LogP contribution in [0.15, 0.2) is 30.3 Å². The monoisotopic (exact) mass is 398 g/mol. The first kappa shape index (κ1) is 19.9. The molecule has 1 N–H and O–H groups in total. The topological polar surface area (TPSA) is 73.0 Å². The van der Waals surface area contributed by atoms with Crippen molar-refractivity contribution in [1.82, 2.24) is 20.0 Å². The average Bonchev–Trinajstić information content (AvgIpc) is 2.98. The lowest BCUT2D eigenvalue weighted by Crippen LogP contribution is -2.57. The molecule has 1 aromatic rings. The fourth-order valence-corrected chi connectivity index (χ4v) is 4.83. The van der Waals surface area contributed by atoms with Crippen molar-refractivity contribution in [1.29, 1.82) is 0 Å². The summed E-state index contributed by atoms with van der Waals surface area (Å²) in [6, 6.07) is 9.26. The van der Waals surface area contributed by atoms with Gasteiger partial charge in [-0.1, -0.05) is 18.2 Å². The Bertz CT molecular complexity index is 787. The Morgan fingerprint density at radius 2 is 1.79 bits per heavy atom. The molecule has 0 aromatic heterocycles. The zero-order valence-electron chi connectivity index (χ0n) is 17.3. The molecular weight excluding hydrogens is 368 g/mol. The third-order valence-corrected chi connectivity index (χ3v) is 6.64. The van der Waals surface area contributed by atoms with E-state index in [1.807, 2.05) is 18.2 Å². The maximum atomic E-state index is 13.3. The number of hydrogen-bond donors (Lipinski definition) is 1. The number of nitrogens with zero attached hydrogens (tertiary/aromatic N) is 3. The number of nitrogens with one attached hydrogen (secondary N) is 1. The standard InChI is InChI=1S/C22H30N4O3/c1-16(2)25-12-6-9-18(15-25)26-20(28)22(23-21(26)29)10-13-24(14-11-22)19(27)17-7-4-3-5-8-17/h3-5,7-8,16,18H,6,9-15H2,1-2H3,(H,23,29)/t18-/m1/s1. The van der Waals surface area contributed by atoms with E-state index in [-0.39, 0.29) is 23.9 Å². The largest absolute Gasteiger partial charge is 0.338 e. The molecule has 156 valence electrons. The minimum Gasteiger partial charge on any atom is -0.338 e. The van der Waals surface area contributed by atoms with Gasteiger partial charge in [0, 0.05) is 31.2 Å². The van der Waals surface area contributed by atoms with Gasteiger partial charge in [-0.2, -0.15) is 0 Å². The number of likely N-dealkylation sites (tertiary alicyclic amines) is 2. The van der Waals surface area contributed by atoms with Gasteiger partial charge in [0.05, 0.1) is 6.04 Å². The SMILES string of the molecule is CC(C)N1CCC[C@@H](N2C(=O)NC3(CCN(C(=O)c4ccccc4)CC3)C2=O)C1. The van der Waals surface area contributed by atoms with Crippen molar-refractivity contribution in [2.24, 2.45) is 0 Å². The number of amides is 4. The second-order valence-electron chi connectivity index (χ2n) is 8.73. The Morgan fingerprint density at radius 3 is 2.45 bits per heavy atom. The van der Waals surface area contributed by atoms with Crippen molar-refractivity contribution in [3.8, 4) is 0 Å². The summed E-state index contributed by atoms with van der Waals surface area (Å²) in [6.07, 6.45) is 2.78. The van der Waals surface area contributed by atoms with Gasteiger partial charge in [-0.25, -0.2) is 4.79 Å². The fraction of sp³-hybridized carbons (Fsp3) is 0.591. The minimum absolute atomic E-state index is 0.0195. The minimum atomic E-state index is -0.856. The molecule has 4 amide bonds. The van der Waals surface area contributed by atoms with E-state index in [0.29, 0.717) is 37.5 Å². The van der Waals surface area contributed by atoms with Crippen LogP contribution in [0.4, 0.5) is 4.79 Å². The van der Waals surface area contributed by atoms with Gasteiger partial charge in [-0.05, 0) is 58.2 Å². The van der Waals surface area contributed by atoms with Crippen LogP contribution < -0.4 is 5.32 Å². The predicted molar refractivity (Wildman–Crippen MR) is 109 cm³/mol. The van der Waals surface area contributed by atoms with E-state index >= 15 is 0 Å². The average molecular weight is 399 g/mol. The Labute approximate surface area is 172 Å². The number of piperidine rings is 2. The van der Waals surface area contributed by atoms with Crippen LogP contribution in [0.3, 0.4) is 0 Å². The Balaban J connectivity index is 1.43. The Hall–Kier alpha value is -2.41. The van der Waals surface area contributed by atoms with Crippen LogP contribution >= 0.6 is 0 Å². The van der Waals surface area contributed by atoms with Gasteiger partial charge >= 0.3 is 6.03 Å². The summed E-state index contributed by atoms with van der Waals surface area (Å²) in [5.41, 5.74) is -0.201. The maximum absolute atomic E-state index is 13.3. The number of carbonyl (C=O) groups is 3. The molecule has 0 saturated carbocycles. The molecule has 4 rings (SSSR count). The summed E-state index contributed by atoms with van der Waals surface area (Å²) < 4.78 is 0. The molecule has 7 nitrogen and oxygen atoms in total. The van der Waals surface area contributed by atoms with Crippen LogP contribution in [0, 0.1) is 0 Å². The zero-order chi connectivity index (χ0) is 20.6. The van der Waals surface area contributed by atoms with Gasteiger partial charge in [-0.15, -0.1) is 0 Å². The highest BCUT2D eigenvalue weighted by molar-refractivity contribution is 6.07. The highest BCUT2D eigenvalue weighted by atomic mass is 16.2. The second kappa shape index (κ2) is 7.78. The molecule has 3 heterocycles. The highest BCUT2D eigenvalue weighted by Crippen LogP contribution is 2.33. The number of urea groups is 1. The molecule has 3 aliphatic heterocycles. The lowest BCUT2D eigenvalue weighted by Gasteiger charge is -2.40. The van der Waals surface area contributed by atoms with Crippen molar-refractivity contribution in [2.45, 2.75) is 57.2 Å². The van der Waals surface area contributed by atoms with E-state index in [1.165, 1.54) is 4.90 Å². The van der Waals surface area contributed by atoms with Gasteiger partial charge in [-0.3, -0.25) is 19.4 Å². The van der Waals surface area contributed by atoms with Crippen LogP contribution in [0.1, 0.15) is 49.9 Å². The van der Waals surface area contributed by atoms with E-state index in [2.05, 4.69) is 24.1 Å². The summed E-state index contributed by atoms with van der Waals surface area (Å²) in [5.74, 6) is -0.126. The summed E-state index contributed by atoms with van der Waals surface area (Å²) in [6.45, 7) is 6.99.